The molecule has 0 radical (unpaired) electrons. The summed E-state index contributed by atoms with van der Waals surface area (Å²) < 4.78 is 0. The molecule has 0 saturated heterocycles. The van der Waals surface area contributed by atoms with Crippen LogP contribution in [0.15, 0.2) is 51.3 Å². The molecule has 0 heterocycles. The van der Waals surface area contributed by atoms with Crippen LogP contribution in [-0.2, 0) is 0 Å². The summed E-state index contributed by atoms with van der Waals surface area (Å²) in [6.07, 6.45) is 3.24. The third-order valence-corrected chi connectivity index (χ3v) is 2.30. The van der Waals surface area contributed by atoms with Crippen LogP contribution in [0.1, 0.15) is 13.8 Å². The lowest BCUT2D eigenvalue weighted by Gasteiger charge is -2.14. The lowest BCUT2D eigenvalue weighted by Crippen LogP contribution is -2.13. The predicted molar refractivity (Wildman–Crippen MR) is 80.0 cm³/mol. The first-order chi connectivity index (χ1) is 8.47. The van der Waals surface area contributed by atoms with Crippen LogP contribution in [-0.4, -0.2) is 37.4 Å². The zero-order chi connectivity index (χ0) is 14.1. The highest BCUT2D eigenvalue weighted by molar-refractivity contribution is 6.01. The van der Waals surface area contributed by atoms with Crippen molar-refractivity contribution in [2.24, 2.45) is 20.8 Å². The highest BCUT2D eigenvalue weighted by Crippen LogP contribution is 2.06. The molecule has 0 aliphatic heterocycles. The predicted octanol–water partition coefficient (Wildman–Crippen LogP) is 1.96. The van der Waals surface area contributed by atoms with Crippen molar-refractivity contribution in [3.05, 3.63) is 36.2 Å². The maximum absolute atomic E-state index is 5.74. The van der Waals surface area contributed by atoms with Crippen molar-refractivity contribution in [2.45, 2.75) is 13.8 Å². The maximum atomic E-state index is 5.74. The Morgan fingerprint density at radius 3 is 2.50 bits per heavy atom. The normalized spacial score (nSPS) is 13.2. The van der Waals surface area contributed by atoms with Gasteiger partial charge in [-0.25, -0.2) is 4.99 Å². The molecule has 0 saturated carbocycles. The summed E-state index contributed by atoms with van der Waals surface area (Å²) in [7, 11) is 1.81. The van der Waals surface area contributed by atoms with E-state index >= 15 is 0 Å². The van der Waals surface area contributed by atoms with E-state index in [-0.39, 0.29) is 0 Å². The van der Waals surface area contributed by atoms with Gasteiger partial charge in [0, 0.05) is 24.5 Å². The molecule has 0 rings (SSSR count). The number of likely N-dealkylation sites (N-methyl/N-ethyl adjacent to an activating group) is 1. The van der Waals surface area contributed by atoms with E-state index in [4.69, 9.17) is 5.73 Å². The highest BCUT2D eigenvalue weighted by atomic mass is 15.4. The third kappa shape index (κ3) is 4.78. The van der Waals surface area contributed by atoms with Crippen molar-refractivity contribution >= 4 is 18.8 Å². The van der Waals surface area contributed by atoms with Crippen molar-refractivity contribution in [3.63, 3.8) is 0 Å². The molecule has 0 aromatic carbocycles. The molecular weight excluding hydrogens is 226 g/mol. The first kappa shape index (κ1) is 15.8. The average Bonchev–Trinajstić information content (AvgIpc) is 2.38. The lowest BCUT2D eigenvalue weighted by atomic mass is 10.2. The first-order valence-corrected chi connectivity index (χ1v) is 5.48. The fourth-order valence-electron chi connectivity index (χ4n) is 1.09. The zero-order valence-corrected chi connectivity index (χ0v) is 11.3. The molecule has 0 atom stereocenters. The molecule has 0 spiro atoms. The Labute approximate surface area is 109 Å². The van der Waals surface area contributed by atoms with Crippen LogP contribution in [0, 0.1) is 0 Å². The van der Waals surface area contributed by atoms with Gasteiger partial charge in [-0.2, -0.15) is 5.10 Å². The summed E-state index contributed by atoms with van der Waals surface area (Å²) in [5.41, 5.74) is 7.77. The molecule has 0 aliphatic rings. The molecule has 2 N–H and O–H groups in total. The number of nitrogens with zero attached hydrogens (tertiary/aromatic N) is 4. The van der Waals surface area contributed by atoms with E-state index in [1.165, 1.54) is 0 Å². The highest BCUT2D eigenvalue weighted by Gasteiger charge is 2.04. The molecule has 18 heavy (non-hydrogen) atoms. The molecule has 0 aromatic rings. The number of hydrogen-bond donors (Lipinski definition) is 1. The van der Waals surface area contributed by atoms with Gasteiger partial charge in [-0.15, -0.1) is 0 Å². The molecule has 0 amide bonds. The second-order valence-corrected chi connectivity index (χ2v) is 3.55. The summed E-state index contributed by atoms with van der Waals surface area (Å²) in [4.78, 5) is 8.15. The molecule has 0 aliphatic carbocycles. The van der Waals surface area contributed by atoms with Gasteiger partial charge in [0.15, 0.2) is 5.84 Å². The Balaban J connectivity index is 4.91. The Morgan fingerprint density at radius 1 is 1.44 bits per heavy atom. The van der Waals surface area contributed by atoms with Gasteiger partial charge >= 0.3 is 0 Å². The Hall–Kier alpha value is -2.17. The zero-order valence-electron chi connectivity index (χ0n) is 11.3. The second-order valence-electron chi connectivity index (χ2n) is 3.55. The monoisotopic (exact) mass is 247 g/mol. The third-order valence-electron chi connectivity index (χ3n) is 2.30. The minimum Gasteiger partial charge on any atom is -0.398 e. The maximum Gasteiger partial charge on any atom is 0.151 e. The van der Waals surface area contributed by atoms with E-state index in [9.17, 15) is 0 Å². The van der Waals surface area contributed by atoms with Crippen molar-refractivity contribution in [1.82, 2.24) is 5.01 Å². The van der Waals surface area contributed by atoms with Gasteiger partial charge in [-0.1, -0.05) is 13.2 Å². The van der Waals surface area contributed by atoms with Crippen LogP contribution in [0.2, 0.25) is 0 Å². The first-order valence-electron chi connectivity index (χ1n) is 5.48. The summed E-state index contributed by atoms with van der Waals surface area (Å²) in [5, 5.41) is 5.72. The number of amidine groups is 1. The Bertz CT molecular complexity index is 415. The van der Waals surface area contributed by atoms with Crippen LogP contribution in [0.4, 0.5) is 0 Å². The van der Waals surface area contributed by atoms with Crippen LogP contribution in [0.3, 0.4) is 0 Å². The minimum absolute atomic E-state index is 0.379. The van der Waals surface area contributed by atoms with E-state index in [1.807, 2.05) is 13.8 Å². The topological polar surface area (TPSA) is 66.3 Å². The number of nitrogens with two attached hydrogens (primary N) is 1. The van der Waals surface area contributed by atoms with Gasteiger partial charge in [0.2, 0.25) is 0 Å². The van der Waals surface area contributed by atoms with E-state index in [2.05, 4.69) is 35.0 Å². The molecule has 98 valence electrons. The largest absolute Gasteiger partial charge is 0.398 e. The standard InChI is InChI=1S/C13H21N5/c1-7-12(14)11(4)13(15-5)16-9-10(3)18(6)17-8-2/h7-8H,1,3,5,9,14H2,2,4,6H3/b12-11?,16-13?,17-8+. The van der Waals surface area contributed by atoms with Gasteiger partial charge in [0.1, 0.15) is 0 Å². The van der Waals surface area contributed by atoms with E-state index in [1.54, 1.807) is 24.3 Å². The van der Waals surface area contributed by atoms with Crippen molar-refractivity contribution in [2.75, 3.05) is 13.6 Å². The number of hydrogen-bond acceptors (Lipinski definition) is 4. The lowest BCUT2D eigenvalue weighted by molar-refractivity contribution is 0.443. The van der Waals surface area contributed by atoms with Crippen LogP contribution in [0.25, 0.3) is 0 Å². The molecule has 0 bridgehead atoms. The minimum atomic E-state index is 0.379. The van der Waals surface area contributed by atoms with Gasteiger partial charge < -0.3 is 5.73 Å². The SMILES string of the molecule is C=CC(N)=C(C)C(N=C)=NCC(=C)N(C)/N=C/C. The van der Waals surface area contributed by atoms with Crippen LogP contribution >= 0.6 is 0 Å². The fourth-order valence-corrected chi connectivity index (χ4v) is 1.09. The smallest absolute Gasteiger partial charge is 0.151 e. The fraction of sp³-hybridized carbons (Fsp3) is 0.308. The van der Waals surface area contributed by atoms with E-state index < -0.39 is 0 Å². The van der Waals surface area contributed by atoms with Crippen LogP contribution < -0.4 is 5.73 Å². The molecule has 0 unspecified atom stereocenters. The van der Waals surface area contributed by atoms with E-state index in [0.717, 1.165) is 11.3 Å². The second kappa shape index (κ2) is 8.00. The quantitative estimate of drug-likeness (QED) is 0.337. The summed E-state index contributed by atoms with van der Waals surface area (Å²) >= 11 is 0. The van der Waals surface area contributed by atoms with Gasteiger partial charge in [0.05, 0.1) is 12.2 Å². The van der Waals surface area contributed by atoms with E-state index in [0.29, 0.717) is 18.1 Å². The molecule has 0 fully saturated rings. The molecule has 5 nitrogen and oxygen atoms in total. The Kier molecular flexibility index (Phi) is 7.04. The number of aliphatic imine (C=N–C) groups is 2. The van der Waals surface area contributed by atoms with Crippen molar-refractivity contribution in [1.29, 1.82) is 0 Å². The summed E-state index contributed by atoms with van der Waals surface area (Å²) in [6.45, 7) is 15.0. The van der Waals surface area contributed by atoms with Gasteiger partial charge in [0.25, 0.3) is 0 Å². The summed E-state index contributed by atoms with van der Waals surface area (Å²) in [6, 6.07) is 0. The average molecular weight is 247 g/mol. The summed E-state index contributed by atoms with van der Waals surface area (Å²) in [5.74, 6) is 0.488. The number of hydrazone groups is 1. The molecule has 5 heteroatoms. The molecular formula is C13H21N5. The van der Waals surface area contributed by atoms with Gasteiger partial charge in [-0.3, -0.25) is 10.0 Å². The number of rotatable bonds is 6. The van der Waals surface area contributed by atoms with Crippen molar-refractivity contribution in [3.8, 4) is 0 Å². The molecule has 0 aromatic heterocycles. The number of allylic oxidation sites excluding steroid dienone is 1. The van der Waals surface area contributed by atoms with Crippen LogP contribution in [0.5, 0.6) is 0 Å². The van der Waals surface area contributed by atoms with Gasteiger partial charge in [-0.05, 0) is 26.6 Å². The van der Waals surface area contributed by atoms with Crippen molar-refractivity contribution < 1.29 is 0 Å². The Morgan fingerprint density at radius 2 is 2.06 bits per heavy atom.